The highest BCUT2D eigenvalue weighted by Gasteiger charge is 2.33. The molecule has 4 rings (SSSR count). The Labute approximate surface area is 207 Å². The molecule has 1 heterocycles. The molecule has 0 atom stereocenters. The summed E-state index contributed by atoms with van der Waals surface area (Å²) in [6, 6.07) is 20.0. The van der Waals surface area contributed by atoms with Gasteiger partial charge in [-0.05, 0) is 42.3 Å². The van der Waals surface area contributed by atoms with Crippen molar-refractivity contribution in [1.82, 2.24) is 4.98 Å². The molecule has 0 aliphatic rings. The van der Waals surface area contributed by atoms with Crippen LogP contribution in [-0.4, -0.2) is 22.6 Å². The number of nitrogens with zero attached hydrogens (tertiary/aromatic N) is 1. The first-order valence-corrected chi connectivity index (χ1v) is 12.4. The predicted octanol–water partition coefficient (Wildman–Crippen LogP) is 6.62. The molecule has 2 N–H and O–H groups in total. The topological polar surface area (TPSA) is 71.1 Å². The van der Waals surface area contributed by atoms with E-state index in [9.17, 15) is 22.8 Å². The van der Waals surface area contributed by atoms with Crippen molar-refractivity contribution in [1.29, 1.82) is 0 Å². The molecule has 3 aromatic carbocycles. The minimum absolute atomic E-state index is 0.0882. The normalized spacial score (nSPS) is 11.4. The zero-order chi connectivity index (χ0) is 24.8. The maximum Gasteiger partial charge on any atom is 0.418 e. The van der Waals surface area contributed by atoms with Gasteiger partial charge in [0, 0.05) is 12.1 Å². The van der Waals surface area contributed by atoms with E-state index in [1.807, 2.05) is 36.4 Å². The van der Waals surface area contributed by atoms with Gasteiger partial charge >= 0.3 is 6.18 Å². The molecule has 0 unspecified atom stereocenters. The van der Waals surface area contributed by atoms with E-state index in [1.165, 1.54) is 29.5 Å². The van der Waals surface area contributed by atoms with Gasteiger partial charge in [0.2, 0.25) is 11.8 Å². The maximum absolute atomic E-state index is 13.1. The van der Waals surface area contributed by atoms with E-state index in [1.54, 1.807) is 12.1 Å². The summed E-state index contributed by atoms with van der Waals surface area (Å²) in [5, 5.41) is 5.21. The summed E-state index contributed by atoms with van der Waals surface area (Å²) in [7, 11) is 0. The number of hydrogen-bond donors (Lipinski definition) is 2. The summed E-state index contributed by atoms with van der Waals surface area (Å²) < 4.78 is 40.8. The molecular formula is C25H20F3N3O2S2. The Morgan fingerprint density at radius 3 is 2.43 bits per heavy atom. The van der Waals surface area contributed by atoms with Gasteiger partial charge < -0.3 is 10.6 Å². The summed E-state index contributed by atoms with van der Waals surface area (Å²) in [6.07, 6.45) is -3.55. The van der Waals surface area contributed by atoms with Crippen LogP contribution in [0.15, 0.2) is 77.1 Å². The lowest BCUT2D eigenvalue weighted by Gasteiger charge is -2.13. The number of carbonyl (C=O) groups is 2. The quantitative estimate of drug-likeness (QED) is 0.259. The van der Waals surface area contributed by atoms with Gasteiger partial charge in [0.25, 0.3) is 0 Å². The van der Waals surface area contributed by atoms with Gasteiger partial charge in [0.05, 0.1) is 27.2 Å². The van der Waals surface area contributed by atoms with Crippen molar-refractivity contribution >= 4 is 56.5 Å². The van der Waals surface area contributed by atoms with Crippen LogP contribution in [-0.2, 0) is 22.2 Å². The molecule has 5 nitrogen and oxygen atoms in total. The van der Waals surface area contributed by atoms with Crippen molar-refractivity contribution < 1.29 is 22.8 Å². The molecular weight excluding hydrogens is 495 g/mol. The molecule has 0 saturated heterocycles. The molecule has 10 heteroatoms. The van der Waals surface area contributed by atoms with Crippen LogP contribution < -0.4 is 10.6 Å². The van der Waals surface area contributed by atoms with E-state index in [0.717, 1.165) is 28.1 Å². The monoisotopic (exact) mass is 515 g/mol. The molecule has 2 amide bonds. The first-order chi connectivity index (χ1) is 16.8. The fraction of sp³-hybridized carbons (Fsp3) is 0.160. The van der Waals surface area contributed by atoms with Crippen molar-refractivity contribution in [3.05, 3.63) is 83.9 Å². The van der Waals surface area contributed by atoms with Gasteiger partial charge in [-0.2, -0.15) is 13.2 Å². The highest BCUT2D eigenvalue weighted by atomic mass is 32.2. The lowest BCUT2D eigenvalue weighted by Crippen LogP contribution is -2.18. The number of halogens is 3. The van der Waals surface area contributed by atoms with E-state index in [4.69, 9.17) is 0 Å². The van der Waals surface area contributed by atoms with Crippen LogP contribution in [0.1, 0.15) is 17.5 Å². The van der Waals surface area contributed by atoms with Gasteiger partial charge in [0.1, 0.15) is 0 Å². The minimum Gasteiger partial charge on any atom is -0.326 e. The Morgan fingerprint density at radius 2 is 1.66 bits per heavy atom. The van der Waals surface area contributed by atoms with E-state index in [0.29, 0.717) is 28.4 Å². The summed E-state index contributed by atoms with van der Waals surface area (Å²) >= 11 is 2.48. The first-order valence-electron chi connectivity index (χ1n) is 10.6. The number of aryl methyl sites for hydroxylation is 1. The number of nitrogens with one attached hydrogen (secondary N) is 2. The molecule has 180 valence electrons. The number of hydrogen-bond acceptors (Lipinski definition) is 5. The number of thiazole rings is 1. The van der Waals surface area contributed by atoms with Crippen molar-refractivity contribution in [2.75, 3.05) is 16.4 Å². The minimum atomic E-state index is -4.56. The maximum atomic E-state index is 13.1. The van der Waals surface area contributed by atoms with Crippen molar-refractivity contribution in [3.8, 4) is 0 Å². The molecule has 0 aliphatic heterocycles. The van der Waals surface area contributed by atoms with E-state index < -0.39 is 17.6 Å². The summed E-state index contributed by atoms with van der Waals surface area (Å²) in [5.74, 6) is -0.741. The van der Waals surface area contributed by atoms with Crippen molar-refractivity contribution in [2.24, 2.45) is 0 Å². The van der Waals surface area contributed by atoms with Gasteiger partial charge in [-0.1, -0.05) is 54.2 Å². The molecule has 0 radical (unpaired) electrons. The van der Waals surface area contributed by atoms with Crippen LogP contribution in [0, 0.1) is 0 Å². The lowest BCUT2D eigenvalue weighted by molar-refractivity contribution is -0.137. The molecule has 4 aromatic rings. The van der Waals surface area contributed by atoms with Crippen LogP contribution in [0.2, 0.25) is 0 Å². The smallest absolute Gasteiger partial charge is 0.326 e. The molecule has 0 saturated carbocycles. The summed E-state index contributed by atoms with van der Waals surface area (Å²) in [5.41, 5.74) is 1.28. The number of benzene rings is 3. The standard InChI is InChI=1S/C25H20F3N3O2S2/c26-25(27,28)18-8-4-5-9-19(18)30-23(33)15-34-24-31-20-12-11-17(14-21(20)35-24)29-22(32)13-10-16-6-2-1-3-7-16/h1-9,11-12,14H,10,13,15H2,(H,29,32)(H,30,33). The number of rotatable bonds is 8. The highest BCUT2D eigenvalue weighted by Crippen LogP contribution is 2.35. The number of fused-ring (bicyclic) bond motifs is 1. The van der Waals surface area contributed by atoms with Crippen molar-refractivity contribution in [3.63, 3.8) is 0 Å². The Morgan fingerprint density at radius 1 is 0.914 bits per heavy atom. The third-order valence-electron chi connectivity index (χ3n) is 4.97. The largest absolute Gasteiger partial charge is 0.418 e. The molecule has 0 fully saturated rings. The van der Waals surface area contributed by atoms with Gasteiger partial charge in [0.15, 0.2) is 4.34 Å². The van der Waals surface area contributed by atoms with Gasteiger partial charge in [-0.15, -0.1) is 11.3 Å². The SMILES string of the molecule is O=C(CCc1ccccc1)Nc1ccc2nc(SCC(=O)Nc3ccccc3C(F)(F)F)sc2c1. The molecule has 0 spiro atoms. The van der Waals surface area contributed by atoms with Crippen LogP contribution in [0.3, 0.4) is 0 Å². The Kier molecular flexibility index (Phi) is 7.72. The number of para-hydroxylation sites is 1. The van der Waals surface area contributed by atoms with Crippen LogP contribution in [0.5, 0.6) is 0 Å². The Balaban J connectivity index is 1.33. The second kappa shape index (κ2) is 10.9. The third-order valence-corrected chi connectivity index (χ3v) is 7.13. The van der Waals surface area contributed by atoms with Crippen LogP contribution >= 0.6 is 23.1 Å². The number of anilines is 2. The summed E-state index contributed by atoms with van der Waals surface area (Å²) in [4.78, 5) is 29.0. The second-order valence-corrected chi connectivity index (χ2v) is 9.83. The Bertz CT molecular complexity index is 1340. The van der Waals surface area contributed by atoms with Crippen LogP contribution in [0.4, 0.5) is 24.5 Å². The van der Waals surface area contributed by atoms with E-state index in [2.05, 4.69) is 15.6 Å². The fourth-order valence-electron chi connectivity index (χ4n) is 3.32. The average molecular weight is 516 g/mol. The van der Waals surface area contributed by atoms with Gasteiger partial charge in [-0.3, -0.25) is 9.59 Å². The first kappa shape index (κ1) is 24.7. The number of amides is 2. The number of aromatic nitrogens is 1. The highest BCUT2D eigenvalue weighted by molar-refractivity contribution is 8.01. The predicted molar refractivity (Wildman–Crippen MR) is 134 cm³/mol. The summed E-state index contributed by atoms with van der Waals surface area (Å²) in [6.45, 7) is 0. The fourth-order valence-corrected chi connectivity index (χ4v) is 5.23. The zero-order valence-corrected chi connectivity index (χ0v) is 19.9. The molecule has 0 bridgehead atoms. The van der Waals surface area contributed by atoms with Gasteiger partial charge in [-0.25, -0.2) is 4.98 Å². The lowest BCUT2D eigenvalue weighted by atomic mass is 10.1. The molecule has 35 heavy (non-hydrogen) atoms. The average Bonchev–Trinajstić information content (AvgIpc) is 3.24. The number of alkyl halides is 3. The Hall–Kier alpha value is -3.37. The third kappa shape index (κ3) is 6.83. The number of thioether (sulfide) groups is 1. The van der Waals surface area contributed by atoms with E-state index in [-0.39, 0.29) is 17.3 Å². The van der Waals surface area contributed by atoms with Crippen LogP contribution in [0.25, 0.3) is 10.2 Å². The molecule has 1 aromatic heterocycles. The second-order valence-electron chi connectivity index (χ2n) is 7.58. The van der Waals surface area contributed by atoms with E-state index >= 15 is 0 Å². The van der Waals surface area contributed by atoms with Crippen molar-refractivity contribution in [2.45, 2.75) is 23.4 Å². The number of carbonyl (C=O) groups excluding carboxylic acids is 2. The zero-order valence-electron chi connectivity index (χ0n) is 18.3. The molecule has 0 aliphatic carbocycles.